The molecule has 1 fully saturated rings. The molecule has 0 aromatic heterocycles. The molecule has 0 heterocycles. The number of carboxylic acid groups (broad SMARTS) is 1. The van der Waals surface area contributed by atoms with Crippen LogP contribution < -0.4 is 5.32 Å². The Morgan fingerprint density at radius 1 is 1.29 bits per heavy atom. The maximum atomic E-state index is 11.2. The van der Waals surface area contributed by atoms with Gasteiger partial charge in [-0.05, 0) is 24.7 Å². The zero-order valence-corrected chi connectivity index (χ0v) is 8.62. The van der Waals surface area contributed by atoms with E-state index >= 15 is 0 Å². The van der Waals surface area contributed by atoms with Crippen molar-refractivity contribution in [2.24, 2.45) is 11.8 Å². The molecule has 0 bridgehead atoms. The van der Waals surface area contributed by atoms with E-state index in [2.05, 4.69) is 19.2 Å². The molecular formula is C10H17NO3. The van der Waals surface area contributed by atoms with Gasteiger partial charge in [0.05, 0.1) is 0 Å². The number of carbonyl (C=O) groups is 2. The summed E-state index contributed by atoms with van der Waals surface area (Å²) in [7, 11) is 0. The number of nitrogens with one attached hydrogen (secondary N) is 1. The number of carboxylic acids is 1. The monoisotopic (exact) mass is 199 g/mol. The first-order chi connectivity index (χ1) is 6.50. The predicted molar refractivity (Wildman–Crippen MR) is 51.7 cm³/mol. The molecule has 0 radical (unpaired) electrons. The smallest absolute Gasteiger partial charge is 0.312 e. The van der Waals surface area contributed by atoms with Crippen LogP contribution in [0.4, 0.5) is 0 Å². The van der Waals surface area contributed by atoms with Crippen molar-refractivity contribution in [1.82, 2.24) is 5.32 Å². The lowest BCUT2D eigenvalue weighted by atomic mass is 10.0. The molecular weight excluding hydrogens is 182 g/mol. The molecule has 14 heavy (non-hydrogen) atoms. The highest BCUT2D eigenvalue weighted by atomic mass is 16.4. The lowest BCUT2D eigenvalue weighted by Gasteiger charge is -2.21. The quantitative estimate of drug-likeness (QED) is 0.667. The lowest BCUT2D eigenvalue weighted by Crippen LogP contribution is -2.40. The van der Waals surface area contributed by atoms with Crippen molar-refractivity contribution >= 4 is 11.9 Å². The second-order valence-corrected chi connectivity index (χ2v) is 4.20. The Morgan fingerprint density at radius 3 is 2.21 bits per heavy atom. The van der Waals surface area contributed by atoms with Gasteiger partial charge in [0.2, 0.25) is 5.91 Å². The molecule has 2 atom stereocenters. The first-order valence-electron chi connectivity index (χ1n) is 5.02. The standard InChI is InChI=1S/C10H17NO3/c1-6-3-4-7(2)10(6)11-8(12)5-9(13)14/h6-7,10H,3-5H2,1-2H3,(H,11,12)(H,13,14). The van der Waals surface area contributed by atoms with Crippen LogP contribution in [0.25, 0.3) is 0 Å². The van der Waals surface area contributed by atoms with Gasteiger partial charge in [-0.15, -0.1) is 0 Å². The number of aliphatic carboxylic acids is 1. The van der Waals surface area contributed by atoms with Gasteiger partial charge in [0, 0.05) is 6.04 Å². The normalized spacial score (nSPS) is 31.4. The topological polar surface area (TPSA) is 66.4 Å². The van der Waals surface area contributed by atoms with Gasteiger partial charge in [-0.2, -0.15) is 0 Å². The van der Waals surface area contributed by atoms with E-state index in [9.17, 15) is 9.59 Å². The highest BCUT2D eigenvalue weighted by Crippen LogP contribution is 2.30. The number of hydrogen-bond donors (Lipinski definition) is 2. The predicted octanol–water partition coefficient (Wildman–Crippen LogP) is 1.01. The van der Waals surface area contributed by atoms with Gasteiger partial charge in [-0.3, -0.25) is 9.59 Å². The molecule has 1 amide bonds. The van der Waals surface area contributed by atoms with Crippen LogP contribution in [0.3, 0.4) is 0 Å². The van der Waals surface area contributed by atoms with Crippen molar-refractivity contribution in [3.63, 3.8) is 0 Å². The van der Waals surface area contributed by atoms with Gasteiger partial charge >= 0.3 is 5.97 Å². The third kappa shape index (κ3) is 2.72. The molecule has 1 aliphatic rings. The SMILES string of the molecule is CC1CCC(C)C1NC(=O)CC(=O)O. The van der Waals surface area contributed by atoms with Crippen molar-refractivity contribution in [1.29, 1.82) is 0 Å². The van der Waals surface area contributed by atoms with E-state index in [4.69, 9.17) is 5.11 Å². The van der Waals surface area contributed by atoms with Crippen LogP contribution in [0.15, 0.2) is 0 Å². The average molecular weight is 199 g/mol. The van der Waals surface area contributed by atoms with Gasteiger partial charge < -0.3 is 10.4 Å². The molecule has 0 aromatic carbocycles. The van der Waals surface area contributed by atoms with Gasteiger partial charge in [0.1, 0.15) is 6.42 Å². The fourth-order valence-corrected chi connectivity index (χ4v) is 2.10. The number of amides is 1. The molecule has 1 saturated carbocycles. The second-order valence-electron chi connectivity index (χ2n) is 4.20. The van der Waals surface area contributed by atoms with E-state index < -0.39 is 12.4 Å². The summed E-state index contributed by atoms with van der Waals surface area (Å²) in [5.41, 5.74) is 0. The minimum atomic E-state index is -1.07. The maximum absolute atomic E-state index is 11.2. The fraction of sp³-hybridized carbons (Fsp3) is 0.800. The summed E-state index contributed by atoms with van der Waals surface area (Å²) in [5, 5.41) is 11.2. The maximum Gasteiger partial charge on any atom is 0.312 e. The minimum absolute atomic E-state index is 0.154. The van der Waals surface area contributed by atoms with Crippen molar-refractivity contribution in [3.05, 3.63) is 0 Å². The summed E-state index contributed by atoms with van der Waals surface area (Å²) in [5.74, 6) is -0.519. The van der Waals surface area contributed by atoms with Crippen LogP contribution in [0.1, 0.15) is 33.1 Å². The molecule has 4 nitrogen and oxygen atoms in total. The van der Waals surface area contributed by atoms with E-state index in [0.29, 0.717) is 11.8 Å². The van der Waals surface area contributed by atoms with Gasteiger partial charge in [0.15, 0.2) is 0 Å². The van der Waals surface area contributed by atoms with E-state index in [1.807, 2.05) is 0 Å². The molecule has 80 valence electrons. The highest BCUT2D eigenvalue weighted by Gasteiger charge is 2.31. The van der Waals surface area contributed by atoms with Crippen LogP contribution in [0.2, 0.25) is 0 Å². The molecule has 0 aromatic rings. The summed E-state index contributed by atoms with van der Waals surface area (Å²) in [6.07, 6.45) is 1.80. The summed E-state index contributed by atoms with van der Waals surface area (Å²) >= 11 is 0. The summed E-state index contributed by atoms with van der Waals surface area (Å²) in [4.78, 5) is 21.5. The van der Waals surface area contributed by atoms with Crippen molar-refractivity contribution < 1.29 is 14.7 Å². The van der Waals surface area contributed by atoms with Crippen LogP contribution in [0, 0.1) is 11.8 Å². The van der Waals surface area contributed by atoms with E-state index in [-0.39, 0.29) is 11.9 Å². The third-order valence-electron chi connectivity index (χ3n) is 2.94. The lowest BCUT2D eigenvalue weighted by molar-refractivity contribution is -0.141. The first kappa shape index (κ1) is 11.0. The number of hydrogen-bond acceptors (Lipinski definition) is 2. The average Bonchev–Trinajstić information content (AvgIpc) is 2.34. The molecule has 2 unspecified atom stereocenters. The van der Waals surface area contributed by atoms with E-state index in [0.717, 1.165) is 12.8 Å². The summed E-state index contributed by atoms with van der Waals surface area (Å²) in [6, 6.07) is 0.154. The van der Waals surface area contributed by atoms with Crippen molar-refractivity contribution in [2.45, 2.75) is 39.2 Å². The number of rotatable bonds is 3. The Hall–Kier alpha value is -1.06. The molecule has 1 aliphatic carbocycles. The second kappa shape index (κ2) is 4.44. The largest absolute Gasteiger partial charge is 0.481 e. The van der Waals surface area contributed by atoms with Crippen molar-refractivity contribution in [2.75, 3.05) is 0 Å². The Labute approximate surface area is 83.7 Å². The highest BCUT2D eigenvalue weighted by molar-refractivity contribution is 5.93. The van der Waals surface area contributed by atoms with Crippen LogP contribution in [-0.2, 0) is 9.59 Å². The molecule has 1 rings (SSSR count). The van der Waals surface area contributed by atoms with Crippen LogP contribution in [0.5, 0.6) is 0 Å². The van der Waals surface area contributed by atoms with Gasteiger partial charge in [-0.1, -0.05) is 13.8 Å². The molecule has 4 heteroatoms. The van der Waals surface area contributed by atoms with Crippen LogP contribution >= 0.6 is 0 Å². The van der Waals surface area contributed by atoms with Gasteiger partial charge in [0.25, 0.3) is 0 Å². The first-order valence-corrected chi connectivity index (χ1v) is 5.02. The summed E-state index contributed by atoms with van der Waals surface area (Å²) in [6.45, 7) is 4.18. The zero-order valence-electron chi connectivity index (χ0n) is 8.62. The van der Waals surface area contributed by atoms with Crippen LogP contribution in [-0.4, -0.2) is 23.0 Å². The Kier molecular flexibility index (Phi) is 3.49. The van der Waals surface area contributed by atoms with Gasteiger partial charge in [-0.25, -0.2) is 0 Å². The Balaban J connectivity index is 2.42. The Morgan fingerprint density at radius 2 is 1.79 bits per heavy atom. The fourth-order valence-electron chi connectivity index (χ4n) is 2.10. The summed E-state index contributed by atoms with van der Waals surface area (Å²) < 4.78 is 0. The minimum Gasteiger partial charge on any atom is -0.481 e. The third-order valence-corrected chi connectivity index (χ3v) is 2.94. The van der Waals surface area contributed by atoms with E-state index in [1.165, 1.54) is 0 Å². The van der Waals surface area contributed by atoms with Crippen molar-refractivity contribution in [3.8, 4) is 0 Å². The Bertz CT molecular complexity index is 230. The molecule has 2 N–H and O–H groups in total. The zero-order chi connectivity index (χ0) is 10.7. The van der Waals surface area contributed by atoms with E-state index in [1.54, 1.807) is 0 Å². The molecule has 0 saturated heterocycles. The number of carbonyl (C=O) groups excluding carboxylic acids is 1. The molecule has 0 aliphatic heterocycles. The molecule has 0 spiro atoms.